The van der Waals surface area contributed by atoms with Crippen LogP contribution in [-0.2, 0) is 4.79 Å². The Labute approximate surface area is 82.9 Å². The first-order valence-electron chi connectivity index (χ1n) is 5.25. The number of carbonyl (C=O) groups is 1. The maximum Gasteiger partial charge on any atom is 0.257 e. The molecule has 0 radical (unpaired) electrons. The van der Waals surface area contributed by atoms with Gasteiger partial charge in [-0.3, -0.25) is 4.79 Å². The molecule has 2 saturated carbocycles. The highest BCUT2D eigenvalue weighted by molar-refractivity contribution is 5.91. The third-order valence-electron chi connectivity index (χ3n) is 4.62. The van der Waals surface area contributed by atoms with Gasteiger partial charge >= 0.3 is 0 Å². The monoisotopic (exact) mass is 202 g/mol. The molecule has 0 saturated heterocycles. The molecular formula is C11H16F2O. The molecule has 0 aliphatic heterocycles. The summed E-state index contributed by atoms with van der Waals surface area (Å²) in [5.41, 5.74) is -1.07. The topological polar surface area (TPSA) is 17.1 Å². The van der Waals surface area contributed by atoms with E-state index in [9.17, 15) is 13.6 Å². The highest BCUT2D eigenvalue weighted by Crippen LogP contribution is 2.64. The average molecular weight is 202 g/mol. The number of rotatable bonds is 0. The van der Waals surface area contributed by atoms with Gasteiger partial charge in [0, 0.05) is 17.8 Å². The predicted octanol–water partition coefficient (Wildman–Crippen LogP) is 2.89. The number of halogens is 2. The molecule has 2 fully saturated rings. The van der Waals surface area contributed by atoms with Crippen LogP contribution in [0.3, 0.4) is 0 Å². The smallest absolute Gasteiger partial charge is 0.257 e. The van der Waals surface area contributed by atoms with E-state index in [0.717, 1.165) is 0 Å². The molecule has 80 valence electrons. The van der Waals surface area contributed by atoms with Gasteiger partial charge in [0.1, 0.15) is 5.78 Å². The Hall–Kier alpha value is -0.470. The van der Waals surface area contributed by atoms with Crippen molar-refractivity contribution in [1.82, 2.24) is 0 Å². The number of ketones is 1. The van der Waals surface area contributed by atoms with Gasteiger partial charge in [-0.1, -0.05) is 20.8 Å². The van der Waals surface area contributed by atoms with Crippen LogP contribution in [-0.4, -0.2) is 11.7 Å². The lowest BCUT2D eigenvalue weighted by atomic mass is 9.45. The quantitative estimate of drug-likeness (QED) is 0.590. The molecule has 0 unspecified atom stereocenters. The van der Waals surface area contributed by atoms with Crippen molar-refractivity contribution >= 4 is 5.78 Å². The van der Waals surface area contributed by atoms with E-state index < -0.39 is 23.2 Å². The number of carbonyl (C=O) groups excluding carboxylic acids is 1. The standard InChI is InChI=1S/C11H16F2O/c1-6-4-5-8-9(14)7(2)10(8,3)11(6,12)13/h6-8H,4-5H2,1-3H3/t6-,7+,8-,10+/m1/s1. The minimum Gasteiger partial charge on any atom is -0.299 e. The molecule has 2 rings (SSSR count). The average Bonchev–Trinajstić information content (AvgIpc) is 2.14. The molecule has 2 aliphatic rings. The second-order valence-electron chi connectivity index (χ2n) is 5.06. The summed E-state index contributed by atoms with van der Waals surface area (Å²) >= 11 is 0. The fourth-order valence-electron chi connectivity index (χ4n) is 3.19. The highest BCUT2D eigenvalue weighted by atomic mass is 19.3. The van der Waals surface area contributed by atoms with E-state index in [-0.39, 0.29) is 11.7 Å². The minimum atomic E-state index is -2.68. The maximum absolute atomic E-state index is 13.9. The molecule has 14 heavy (non-hydrogen) atoms. The number of alkyl halides is 2. The highest BCUT2D eigenvalue weighted by Gasteiger charge is 2.71. The molecule has 1 nitrogen and oxygen atoms in total. The zero-order valence-electron chi connectivity index (χ0n) is 8.81. The van der Waals surface area contributed by atoms with Crippen LogP contribution in [0.15, 0.2) is 0 Å². The van der Waals surface area contributed by atoms with Crippen molar-refractivity contribution < 1.29 is 13.6 Å². The van der Waals surface area contributed by atoms with Gasteiger partial charge in [-0.25, -0.2) is 8.78 Å². The molecule has 0 aromatic heterocycles. The largest absolute Gasteiger partial charge is 0.299 e. The number of fused-ring (bicyclic) bond motifs is 1. The van der Waals surface area contributed by atoms with Crippen LogP contribution in [0.4, 0.5) is 8.78 Å². The van der Waals surface area contributed by atoms with Gasteiger partial charge in [0.15, 0.2) is 0 Å². The summed E-state index contributed by atoms with van der Waals surface area (Å²) in [5.74, 6) is -4.07. The second-order valence-corrected chi connectivity index (χ2v) is 5.06. The van der Waals surface area contributed by atoms with Crippen LogP contribution in [0.2, 0.25) is 0 Å². The van der Waals surface area contributed by atoms with E-state index >= 15 is 0 Å². The Morgan fingerprint density at radius 2 is 1.86 bits per heavy atom. The maximum atomic E-state index is 13.9. The van der Waals surface area contributed by atoms with Gasteiger partial charge in [-0.2, -0.15) is 0 Å². The molecule has 0 N–H and O–H groups in total. The lowest BCUT2D eigenvalue weighted by Gasteiger charge is -2.59. The van der Waals surface area contributed by atoms with Crippen LogP contribution in [0, 0.1) is 23.2 Å². The van der Waals surface area contributed by atoms with Crippen molar-refractivity contribution in [2.45, 2.75) is 39.5 Å². The summed E-state index contributed by atoms with van der Waals surface area (Å²) < 4.78 is 27.9. The van der Waals surface area contributed by atoms with Crippen LogP contribution >= 0.6 is 0 Å². The van der Waals surface area contributed by atoms with Crippen molar-refractivity contribution in [3.05, 3.63) is 0 Å². The molecule has 0 spiro atoms. The molecule has 2 aliphatic carbocycles. The molecule has 0 heterocycles. The molecule has 0 bridgehead atoms. The van der Waals surface area contributed by atoms with Gasteiger partial charge in [-0.15, -0.1) is 0 Å². The minimum absolute atomic E-state index is 0.0408. The first-order valence-corrected chi connectivity index (χ1v) is 5.25. The third kappa shape index (κ3) is 0.818. The Morgan fingerprint density at radius 1 is 1.29 bits per heavy atom. The van der Waals surface area contributed by atoms with Crippen molar-refractivity contribution in [2.24, 2.45) is 23.2 Å². The van der Waals surface area contributed by atoms with Crippen LogP contribution in [0.25, 0.3) is 0 Å². The lowest BCUT2D eigenvalue weighted by molar-refractivity contribution is -0.249. The summed E-state index contributed by atoms with van der Waals surface area (Å²) in [5, 5.41) is 0. The van der Waals surface area contributed by atoms with Crippen LogP contribution in [0.5, 0.6) is 0 Å². The van der Waals surface area contributed by atoms with Gasteiger partial charge in [0.25, 0.3) is 5.92 Å². The predicted molar refractivity (Wildman–Crippen MR) is 49.1 cm³/mol. The second kappa shape index (κ2) is 2.56. The molecule has 0 aromatic rings. The Morgan fingerprint density at radius 3 is 2.43 bits per heavy atom. The Balaban J connectivity index is 2.38. The van der Waals surface area contributed by atoms with E-state index in [1.54, 1.807) is 20.8 Å². The SMILES string of the molecule is C[C@@H]1CC[C@@H]2C(=O)[C@H](C)[C@]2(C)C1(F)F. The van der Waals surface area contributed by atoms with Gasteiger partial charge in [-0.05, 0) is 12.8 Å². The summed E-state index contributed by atoms with van der Waals surface area (Å²) in [6.07, 6.45) is 1.13. The fraction of sp³-hybridized carbons (Fsp3) is 0.909. The molecule has 0 aromatic carbocycles. The van der Waals surface area contributed by atoms with E-state index in [1.807, 2.05) is 0 Å². The molecule has 0 amide bonds. The molecular weight excluding hydrogens is 186 g/mol. The Kier molecular flexibility index (Phi) is 1.84. The molecule has 4 atom stereocenters. The number of hydrogen-bond donors (Lipinski definition) is 0. The number of Topliss-reactive ketones (excluding diaryl/α,β-unsaturated/α-hetero) is 1. The summed E-state index contributed by atoms with van der Waals surface area (Å²) in [4.78, 5) is 11.5. The zero-order valence-corrected chi connectivity index (χ0v) is 8.81. The number of hydrogen-bond acceptors (Lipinski definition) is 1. The van der Waals surface area contributed by atoms with Crippen molar-refractivity contribution in [3.8, 4) is 0 Å². The normalized spacial score (nSPS) is 50.9. The van der Waals surface area contributed by atoms with Gasteiger partial charge < -0.3 is 0 Å². The third-order valence-corrected chi connectivity index (χ3v) is 4.62. The van der Waals surface area contributed by atoms with E-state index in [4.69, 9.17) is 0 Å². The van der Waals surface area contributed by atoms with Gasteiger partial charge in [0.2, 0.25) is 0 Å². The van der Waals surface area contributed by atoms with Crippen molar-refractivity contribution in [2.75, 3.05) is 0 Å². The first kappa shape index (κ1) is 10.1. The summed E-state index contributed by atoms with van der Waals surface area (Å²) in [6, 6.07) is 0. The van der Waals surface area contributed by atoms with Crippen molar-refractivity contribution in [3.63, 3.8) is 0 Å². The summed E-state index contributed by atoms with van der Waals surface area (Å²) in [7, 11) is 0. The van der Waals surface area contributed by atoms with Crippen LogP contribution in [0.1, 0.15) is 33.6 Å². The first-order chi connectivity index (χ1) is 6.33. The zero-order chi connectivity index (χ0) is 10.7. The van der Waals surface area contributed by atoms with Crippen molar-refractivity contribution in [1.29, 1.82) is 0 Å². The van der Waals surface area contributed by atoms with Crippen LogP contribution < -0.4 is 0 Å². The lowest BCUT2D eigenvalue weighted by Crippen LogP contribution is -2.67. The molecule has 3 heteroatoms. The van der Waals surface area contributed by atoms with E-state index in [1.165, 1.54) is 0 Å². The van der Waals surface area contributed by atoms with E-state index in [2.05, 4.69) is 0 Å². The fourth-order valence-corrected chi connectivity index (χ4v) is 3.19. The van der Waals surface area contributed by atoms with E-state index in [0.29, 0.717) is 12.8 Å². The van der Waals surface area contributed by atoms with Gasteiger partial charge in [0.05, 0.1) is 5.41 Å². The Bertz CT molecular complexity index is 287. The summed E-state index contributed by atoms with van der Waals surface area (Å²) in [6.45, 7) is 4.82.